The topological polar surface area (TPSA) is 106 Å². The second-order valence-corrected chi connectivity index (χ2v) is 9.27. The molecular weight excluding hydrogens is 448 g/mol. The van der Waals surface area contributed by atoms with Crippen LogP contribution in [0.2, 0.25) is 0 Å². The molecule has 3 aliphatic rings. The van der Waals surface area contributed by atoms with Crippen molar-refractivity contribution in [2.24, 2.45) is 4.99 Å². The molecule has 1 aromatic carbocycles. The first-order chi connectivity index (χ1) is 16.9. The molecule has 5 heterocycles. The number of carbonyl (C=O) groups is 1. The van der Waals surface area contributed by atoms with Crippen LogP contribution in [0.5, 0.6) is 5.75 Å². The van der Waals surface area contributed by atoms with E-state index < -0.39 is 11.6 Å². The number of pyridine rings is 2. The molecule has 0 spiro atoms. The minimum atomic E-state index is -1.84. The van der Waals surface area contributed by atoms with Gasteiger partial charge in [0.1, 0.15) is 12.3 Å². The summed E-state index contributed by atoms with van der Waals surface area (Å²) in [5.74, 6) is -0.0940. The maximum Gasteiger partial charge on any atom is 0.343 e. The molecule has 1 saturated heterocycles. The van der Waals surface area contributed by atoms with E-state index in [2.05, 4.69) is 9.89 Å². The lowest BCUT2D eigenvalue weighted by atomic mass is 9.86. The van der Waals surface area contributed by atoms with Crippen LogP contribution in [0.15, 0.2) is 34.1 Å². The summed E-state index contributed by atoms with van der Waals surface area (Å²) in [4.78, 5) is 37.4. The Labute approximate surface area is 201 Å². The molecule has 1 N–H and O–H groups in total. The van der Waals surface area contributed by atoms with E-state index in [1.165, 1.54) is 12.8 Å². The lowest BCUT2D eigenvalue weighted by molar-refractivity contribution is -0.172. The average Bonchev–Trinajstić information content (AvgIpc) is 3.51. The lowest BCUT2D eigenvalue weighted by Crippen LogP contribution is -2.44. The van der Waals surface area contributed by atoms with E-state index in [1.807, 2.05) is 24.5 Å². The van der Waals surface area contributed by atoms with Crippen LogP contribution in [0.25, 0.3) is 22.3 Å². The Bertz CT molecular complexity index is 1470. The molecule has 0 amide bonds. The fourth-order valence-electron chi connectivity index (χ4n) is 5.33. The first-order valence-corrected chi connectivity index (χ1v) is 11.9. The molecule has 2 aromatic heterocycles. The number of hydrogen-bond donors (Lipinski definition) is 1. The molecule has 3 aliphatic heterocycles. The van der Waals surface area contributed by atoms with Crippen molar-refractivity contribution in [2.45, 2.75) is 44.9 Å². The minimum absolute atomic E-state index is 0.109. The van der Waals surface area contributed by atoms with Crippen LogP contribution in [0, 0.1) is 0 Å². The summed E-state index contributed by atoms with van der Waals surface area (Å²) in [6.45, 7) is 3.90. The number of aliphatic hydroxyl groups is 1. The van der Waals surface area contributed by atoms with Crippen molar-refractivity contribution in [2.75, 3.05) is 20.2 Å². The number of cyclic esters (lactones) is 1. The molecule has 0 aliphatic carbocycles. The summed E-state index contributed by atoms with van der Waals surface area (Å²) < 4.78 is 12.5. The number of methoxy groups -OCH3 is 1. The number of aromatic nitrogens is 2. The van der Waals surface area contributed by atoms with Crippen molar-refractivity contribution in [1.82, 2.24) is 14.5 Å². The first kappa shape index (κ1) is 21.8. The van der Waals surface area contributed by atoms with Gasteiger partial charge < -0.3 is 24.0 Å². The van der Waals surface area contributed by atoms with Gasteiger partial charge in [-0.1, -0.05) is 6.92 Å². The Hall–Kier alpha value is -3.72. The summed E-state index contributed by atoms with van der Waals surface area (Å²) >= 11 is 0. The zero-order valence-corrected chi connectivity index (χ0v) is 19.7. The second-order valence-electron chi connectivity index (χ2n) is 9.27. The third-order valence-electron chi connectivity index (χ3n) is 7.33. The zero-order valence-electron chi connectivity index (χ0n) is 19.7. The highest BCUT2D eigenvalue weighted by molar-refractivity contribution is 5.94. The predicted octanol–water partition coefficient (Wildman–Crippen LogP) is 2.84. The number of benzene rings is 1. The van der Waals surface area contributed by atoms with Gasteiger partial charge in [-0.05, 0) is 43.5 Å². The van der Waals surface area contributed by atoms with Gasteiger partial charge in [-0.3, -0.25) is 4.79 Å². The smallest absolute Gasteiger partial charge is 0.343 e. The average molecular weight is 475 g/mol. The quantitative estimate of drug-likeness (QED) is 0.275. The molecule has 35 heavy (non-hydrogen) atoms. The summed E-state index contributed by atoms with van der Waals surface area (Å²) in [7, 11) is 1.62. The molecule has 3 aromatic rings. The third-order valence-corrected chi connectivity index (χ3v) is 7.33. The van der Waals surface area contributed by atoms with Crippen LogP contribution in [-0.4, -0.2) is 52.1 Å². The maximum atomic E-state index is 13.4. The predicted molar refractivity (Wildman–Crippen MR) is 130 cm³/mol. The van der Waals surface area contributed by atoms with Crippen LogP contribution >= 0.6 is 0 Å². The van der Waals surface area contributed by atoms with E-state index in [4.69, 9.17) is 14.5 Å². The van der Waals surface area contributed by atoms with E-state index in [-0.39, 0.29) is 18.6 Å². The highest BCUT2D eigenvalue weighted by Gasteiger charge is 2.45. The number of fused-ring (bicyclic) bond motifs is 5. The lowest BCUT2D eigenvalue weighted by Gasteiger charge is -2.31. The second kappa shape index (κ2) is 7.91. The molecule has 9 nitrogen and oxygen atoms in total. The van der Waals surface area contributed by atoms with Crippen LogP contribution in [-0.2, 0) is 28.3 Å². The third kappa shape index (κ3) is 3.18. The van der Waals surface area contributed by atoms with E-state index in [0.29, 0.717) is 40.3 Å². The summed E-state index contributed by atoms with van der Waals surface area (Å²) in [5.41, 5.74) is 2.05. The van der Waals surface area contributed by atoms with Crippen molar-refractivity contribution in [3.05, 3.63) is 51.3 Å². The number of likely N-dealkylation sites (tertiary alicyclic amines) is 1. The van der Waals surface area contributed by atoms with E-state index >= 15 is 0 Å². The highest BCUT2D eigenvalue weighted by atomic mass is 16.6. The van der Waals surface area contributed by atoms with Crippen molar-refractivity contribution in [3.8, 4) is 17.1 Å². The number of ether oxygens (including phenoxy) is 2. The van der Waals surface area contributed by atoms with E-state index in [9.17, 15) is 14.7 Å². The molecule has 0 unspecified atom stereocenters. The fourth-order valence-corrected chi connectivity index (χ4v) is 5.33. The zero-order chi connectivity index (χ0) is 24.3. The molecular formula is C26H26N4O5. The van der Waals surface area contributed by atoms with Crippen molar-refractivity contribution in [3.63, 3.8) is 0 Å². The Kier molecular flexibility index (Phi) is 4.93. The molecule has 1 fully saturated rings. The van der Waals surface area contributed by atoms with Gasteiger partial charge in [-0.15, -0.1) is 0 Å². The minimum Gasteiger partial charge on any atom is -0.494 e. The maximum absolute atomic E-state index is 13.4. The van der Waals surface area contributed by atoms with Crippen LogP contribution in [0.3, 0.4) is 0 Å². The Morgan fingerprint density at radius 1 is 1.26 bits per heavy atom. The van der Waals surface area contributed by atoms with Gasteiger partial charge in [0.05, 0.1) is 42.5 Å². The molecule has 1 atom stereocenters. The first-order valence-electron chi connectivity index (χ1n) is 11.9. The number of esters is 1. The Morgan fingerprint density at radius 3 is 2.80 bits per heavy atom. The van der Waals surface area contributed by atoms with Gasteiger partial charge in [0.15, 0.2) is 11.4 Å². The van der Waals surface area contributed by atoms with Crippen molar-refractivity contribution >= 4 is 28.9 Å². The summed E-state index contributed by atoms with van der Waals surface area (Å²) in [5, 5.41) is 11.8. The van der Waals surface area contributed by atoms with E-state index in [1.54, 1.807) is 24.7 Å². The molecule has 9 heteroatoms. The molecule has 0 radical (unpaired) electrons. The van der Waals surface area contributed by atoms with Gasteiger partial charge in [0, 0.05) is 29.6 Å². The summed E-state index contributed by atoms with van der Waals surface area (Å²) in [6, 6.07) is 7.49. The standard InChI is InChI=1S/C26H26N4O5/c1-3-26(33)18-11-21-22-15(12-30(21)24(31)17(18)13-35-25(26)32)10-16-19(28-22)6-7-20(23(16)34-2)27-14-29-8-4-5-9-29/h6-7,10-11,14,33H,3-5,8-9,12-13H2,1-2H3/t26-/m0/s1. The molecule has 0 saturated carbocycles. The number of aliphatic imine (C=N–C) groups is 1. The van der Waals surface area contributed by atoms with Crippen molar-refractivity contribution in [1.29, 1.82) is 0 Å². The van der Waals surface area contributed by atoms with Gasteiger partial charge in [0.2, 0.25) is 0 Å². The number of nitrogens with zero attached hydrogens (tertiary/aromatic N) is 4. The molecule has 180 valence electrons. The van der Waals surface area contributed by atoms with E-state index in [0.717, 1.165) is 29.7 Å². The van der Waals surface area contributed by atoms with Gasteiger partial charge in [-0.25, -0.2) is 14.8 Å². The van der Waals surface area contributed by atoms with Gasteiger partial charge in [0.25, 0.3) is 5.56 Å². The summed E-state index contributed by atoms with van der Waals surface area (Å²) in [6.07, 6.45) is 4.33. The van der Waals surface area contributed by atoms with Crippen molar-refractivity contribution < 1.29 is 19.4 Å². The number of rotatable bonds is 4. The van der Waals surface area contributed by atoms with Gasteiger partial charge in [-0.2, -0.15) is 0 Å². The van der Waals surface area contributed by atoms with Crippen LogP contribution in [0.1, 0.15) is 42.9 Å². The Balaban J connectivity index is 1.48. The molecule has 6 rings (SSSR count). The van der Waals surface area contributed by atoms with Crippen LogP contribution < -0.4 is 10.3 Å². The Morgan fingerprint density at radius 2 is 2.06 bits per heavy atom. The largest absolute Gasteiger partial charge is 0.494 e. The normalized spacial score (nSPS) is 20.8. The number of carbonyl (C=O) groups excluding carboxylic acids is 1. The SMILES string of the molecule is CC[C@@]1(O)C(=O)OCc2c1cc1n(c2=O)Cc2cc3c(OC)c(N=CN4CCCC4)ccc3nc2-1. The number of hydrogen-bond acceptors (Lipinski definition) is 7. The van der Waals surface area contributed by atoms with Gasteiger partial charge >= 0.3 is 5.97 Å². The highest BCUT2D eigenvalue weighted by Crippen LogP contribution is 2.41. The molecule has 0 bridgehead atoms. The fraction of sp³-hybridized carbons (Fsp3) is 0.385. The monoisotopic (exact) mass is 474 g/mol. The van der Waals surface area contributed by atoms with Crippen LogP contribution in [0.4, 0.5) is 5.69 Å².